The standard InChI is InChI=1S/C19H20F2N4O/c1-13(15-8-7-14(20)11-16(15)21)24-19(26)22-9-4-10-25-12-23-17-5-2-3-6-18(17)25/h2-3,5-8,11-13H,4,9-10H2,1H3,(H2,22,24,26). The topological polar surface area (TPSA) is 59.0 Å². The van der Waals surface area contributed by atoms with Gasteiger partial charge in [0.1, 0.15) is 11.6 Å². The number of hydrogen-bond donors (Lipinski definition) is 2. The second-order valence-corrected chi connectivity index (χ2v) is 6.07. The SMILES string of the molecule is CC(NC(=O)NCCCn1cnc2ccccc21)c1ccc(F)cc1F. The van der Waals surface area contributed by atoms with Crippen molar-refractivity contribution in [2.24, 2.45) is 0 Å². The number of para-hydroxylation sites is 2. The molecular formula is C19H20F2N4O. The van der Waals surface area contributed by atoms with Crippen molar-refractivity contribution in [3.63, 3.8) is 0 Å². The second kappa shape index (κ2) is 7.95. The number of imidazole rings is 1. The number of halogens is 2. The predicted octanol–water partition coefficient (Wildman–Crippen LogP) is 3.77. The lowest BCUT2D eigenvalue weighted by Crippen LogP contribution is -2.38. The largest absolute Gasteiger partial charge is 0.338 e. The molecular weight excluding hydrogens is 338 g/mol. The minimum atomic E-state index is -0.676. The zero-order chi connectivity index (χ0) is 18.5. The Morgan fingerprint density at radius 1 is 1.23 bits per heavy atom. The molecule has 7 heteroatoms. The van der Waals surface area contributed by atoms with E-state index < -0.39 is 23.7 Å². The Labute approximate surface area is 150 Å². The summed E-state index contributed by atoms with van der Waals surface area (Å²) in [5.41, 5.74) is 2.23. The van der Waals surface area contributed by atoms with Crippen LogP contribution in [-0.4, -0.2) is 22.1 Å². The number of carbonyl (C=O) groups excluding carboxylic acids is 1. The van der Waals surface area contributed by atoms with Gasteiger partial charge in [-0.25, -0.2) is 18.6 Å². The van der Waals surface area contributed by atoms with Gasteiger partial charge in [0.05, 0.1) is 23.4 Å². The van der Waals surface area contributed by atoms with E-state index in [1.165, 1.54) is 12.1 Å². The van der Waals surface area contributed by atoms with Gasteiger partial charge >= 0.3 is 6.03 Å². The fraction of sp³-hybridized carbons (Fsp3) is 0.263. The lowest BCUT2D eigenvalue weighted by molar-refractivity contribution is 0.237. The minimum Gasteiger partial charge on any atom is -0.338 e. The van der Waals surface area contributed by atoms with E-state index in [1.807, 2.05) is 28.8 Å². The summed E-state index contributed by atoms with van der Waals surface area (Å²) in [5.74, 6) is -1.32. The Morgan fingerprint density at radius 2 is 2.04 bits per heavy atom. The number of fused-ring (bicyclic) bond motifs is 1. The van der Waals surface area contributed by atoms with Crippen LogP contribution in [0.3, 0.4) is 0 Å². The molecule has 136 valence electrons. The van der Waals surface area contributed by atoms with Crippen LogP contribution in [-0.2, 0) is 6.54 Å². The first kappa shape index (κ1) is 17.8. The molecule has 26 heavy (non-hydrogen) atoms. The van der Waals surface area contributed by atoms with Crippen LogP contribution in [0.25, 0.3) is 11.0 Å². The first-order valence-electron chi connectivity index (χ1n) is 8.44. The van der Waals surface area contributed by atoms with E-state index >= 15 is 0 Å². The summed E-state index contributed by atoms with van der Waals surface area (Å²) in [6.07, 6.45) is 2.51. The van der Waals surface area contributed by atoms with Gasteiger partial charge in [0.2, 0.25) is 0 Å². The molecule has 0 radical (unpaired) electrons. The molecule has 3 rings (SSSR count). The highest BCUT2D eigenvalue weighted by molar-refractivity contribution is 5.75. The molecule has 1 aromatic heterocycles. The average Bonchev–Trinajstić information content (AvgIpc) is 3.02. The number of amides is 2. The van der Waals surface area contributed by atoms with Crippen LogP contribution in [0.1, 0.15) is 24.9 Å². The summed E-state index contributed by atoms with van der Waals surface area (Å²) < 4.78 is 28.7. The summed E-state index contributed by atoms with van der Waals surface area (Å²) >= 11 is 0. The van der Waals surface area contributed by atoms with Gasteiger partial charge in [0, 0.05) is 24.7 Å². The summed E-state index contributed by atoms with van der Waals surface area (Å²) in [5, 5.41) is 5.39. The fourth-order valence-electron chi connectivity index (χ4n) is 2.82. The molecule has 1 unspecified atom stereocenters. The van der Waals surface area contributed by atoms with Crippen molar-refractivity contribution >= 4 is 17.1 Å². The van der Waals surface area contributed by atoms with E-state index in [0.717, 1.165) is 30.1 Å². The summed E-state index contributed by atoms with van der Waals surface area (Å²) in [6.45, 7) is 2.84. The smallest absolute Gasteiger partial charge is 0.315 e. The first-order chi connectivity index (χ1) is 12.5. The van der Waals surface area contributed by atoms with Crippen molar-refractivity contribution in [1.29, 1.82) is 0 Å². The maximum Gasteiger partial charge on any atom is 0.315 e. The third kappa shape index (κ3) is 4.17. The van der Waals surface area contributed by atoms with Gasteiger partial charge in [-0.05, 0) is 31.5 Å². The number of carbonyl (C=O) groups is 1. The third-order valence-electron chi connectivity index (χ3n) is 4.17. The van der Waals surface area contributed by atoms with E-state index in [4.69, 9.17) is 0 Å². The Balaban J connectivity index is 1.45. The molecule has 2 aromatic carbocycles. The summed E-state index contributed by atoms with van der Waals surface area (Å²) in [4.78, 5) is 16.3. The number of aromatic nitrogens is 2. The maximum absolute atomic E-state index is 13.7. The second-order valence-electron chi connectivity index (χ2n) is 6.07. The quantitative estimate of drug-likeness (QED) is 0.659. The number of aryl methyl sites for hydroxylation is 1. The number of nitrogens with one attached hydrogen (secondary N) is 2. The maximum atomic E-state index is 13.7. The van der Waals surface area contributed by atoms with Crippen LogP contribution in [0.4, 0.5) is 13.6 Å². The molecule has 0 saturated carbocycles. The van der Waals surface area contributed by atoms with E-state index in [0.29, 0.717) is 6.54 Å². The minimum absolute atomic E-state index is 0.242. The zero-order valence-electron chi connectivity index (χ0n) is 14.4. The van der Waals surface area contributed by atoms with Gasteiger partial charge in [-0.3, -0.25) is 0 Å². The molecule has 0 fully saturated rings. The highest BCUT2D eigenvalue weighted by Gasteiger charge is 2.14. The average molecular weight is 358 g/mol. The highest BCUT2D eigenvalue weighted by atomic mass is 19.1. The van der Waals surface area contributed by atoms with E-state index in [9.17, 15) is 13.6 Å². The van der Waals surface area contributed by atoms with Crippen molar-refractivity contribution in [1.82, 2.24) is 20.2 Å². The van der Waals surface area contributed by atoms with Gasteiger partial charge in [-0.15, -0.1) is 0 Å². The molecule has 0 saturated heterocycles. The number of benzene rings is 2. The number of urea groups is 1. The van der Waals surface area contributed by atoms with Crippen molar-refractivity contribution in [2.45, 2.75) is 25.9 Å². The van der Waals surface area contributed by atoms with E-state index in [-0.39, 0.29) is 5.56 Å². The predicted molar refractivity (Wildman–Crippen MR) is 95.7 cm³/mol. The summed E-state index contributed by atoms with van der Waals surface area (Å²) in [7, 11) is 0. The van der Waals surface area contributed by atoms with Crippen molar-refractivity contribution in [3.8, 4) is 0 Å². The molecule has 0 aliphatic heterocycles. The van der Waals surface area contributed by atoms with Crippen LogP contribution < -0.4 is 10.6 Å². The molecule has 0 aliphatic carbocycles. The Kier molecular flexibility index (Phi) is 5.46. The van der Waals surface area contributed by atoms with Crippen LogP contribution in [0.2, 0.25) is 0 Å². The van der Waals surface area contributed by atoms with Gasteiger partial charge in [0.25, 0.3) is 0 Å². The molecule has 3 aromatic rings. The van der Waals surface area contributed by atoms with Crippen LogP contribution in [0, 0.1) is 11.6 Å². The number of nitrogens with zero attached hydrogens (tertiary/aromatic N) is 2. The third-order valence-corrected chi connectivity index (χ3v) is 4.17. The number of hydrogen-bond acceptors (Lipinski definition) is 2. The first-order valence-corrected chi connectivity index (χ1v) is 8.44. The van der Waals surface area contributed by atoms with Gasteiger partial charge in [-0.2, -0.15) is 0 Å². The normalized spacial score (nSPS) is 12.1. The van der Waals surface area contributed by atoms with Crippen LogP contribution >= 0.6 is 0 Å². The van der Waals surface area contributed by atoms with E-state index in [2.05, 4.69) is 15.6 Å². The molecule has 1 heterocycles. The van der Waals surface area contributed by atoms with Gasteiger partial charge in [0.15, 0.2) is 0 Å². The molecule has 1 atom stereocenters. The zero-order valence-corrected chi connectivity index (χ0v) is 14.4. The Morgan fingerprint density at radius 3 is 2.85 bits per heavy atom. The van der Waals surface area contributed by atoms with Crippen LogP contribution in [0.5, 0.6) is 0 Å². The fourth-order valence-corrected chi connectivity index (χ4v) is 2.82. The molecule has 0 spiro atoms. The van der Waals surface area contributed by atoms with Gasteiger partial charge in [-0.1, -0.05) is 18.2 Å². The lowest BCUT2D eigenvalue weighted by atomic mass is 10.1. The molecule has 2 amide bonds. The Bertz CT molecular complexity index is 909. The Hall–Kier alpha value is -2.96. The highest BCUT2D eigenvalue weighted by Crippen LogP contribution is 2.17. The molecule has 0 bridgehead atoms. The number of rotatable bonds is 6. The van der Waals surface area contributed by atoms with Crippen molar-refractivity contribution in [3.05, 3.63) is 66.0 Å². The molecule has 2 N–H and O–H groups in total. The summed E-state index contributed by atoms with van der Waals surface area (Å²) in [6, 6.07) is 10.2. The molecule has 0 aliphatic rings. The lowest BCUT2D eigenvalue weighted by Gasteiger charge is -2.16. The monoisotopic (exact) mass is 358 g/mol. The molecule has 5 nitrogen and oxygen atoms in total. The van der Waals surface area contributed by atoms with Gasteiger partial charge < -0.3 is 15.2 Å². The van der Waals surface area contributed by atoms with Crippen molar-refractivity contribution < 1.29 is 13.6 Å². The van der Waals surface area contributed by atoms with Crippen molar-refractivity contribution in [2.75, 3.05) is 6.54 Å². The van der Waals surface area contributed by atoms with E-state index in [1.54, 1.807) is 13.3 Å². The van der Waals surface area contributed by atoms with Crippen LogP contribution in [0.15, 0.2) is 48.8 Å².